The van der Waals surface area contributed by atoms with Gasteiger partial charge in [-0.2, -0.15) is 10.4 Å². The third kappa shape index (κ3) is 4.90. The molecule has 4 atom stereocenters. The molecule has 2 aliphatic heterocycles. The van der Waals surface area contributed by atoms with E-state index in [4.69, 9.17) is 5.26 Å². The SMILES string of the molecule is CC(C)(O)C(F)CNC(=O)c1cnc(-c2ccc3cc(C#N)cnn23)cc1NC1C[C@H]2CC[C@@H](C1)N2. The van der Waals surface area contributed by atoms with Crippen LogP contribution < -0.4 is 16.0 Å². The molecule has 5 heterocycles. The van der Waals surface area contributed by atoms with Crippen molar-refractivity contribution in [3.05, 3.63) is 47.8 Å². The van der Waals surface area contributed by atoms with E-state index >= 15 is 0 Å². The van der Waals surface area contributed by atoms with Gasteiger partial charge in [0.2, 0.25) is 0 Å². The number of pyridine rings is 1. The van der Waals surface area contributed by atoms with Gasteiger partial charge >= 0.3 is 0 Å². The first-order valence-corrected chi connectivity index (χ1v) is 12.3. The van der Waals surface area contributed by atoms with Gasteiger partial charge in [-0.1, -0.05) is 0 Å². The Morgan fingerprint density at radius 1 is 1.31 bits per heavy atom. The van der Waals surface area contributed by atoms with Gasteiger partial charge in [0.15, 0.2) is 0 Å². The van der Waals surface area contributed by atoms with Crippen molar-refractivity contribution in [1.29, 1.82) is 5.26 Å². The lowest BCUT2D eigenvalue weighted by Crippen LogP contribution is -2.44. The summed E-state index contributed by atoms with van der Waals surface area (Å²) in [6, 6.07) is 10.5. The molecule has 2 saturated heterocycles. The number of piperidine rings is 1. The second-order valence-electron chi connectivity index (χ2n) is 10.3. The summed E-state index contributed by atoms with van der Waals surface area (Å²) < 4.78 is 16.0. The van der Waals surface area contributed by atoms with Crippen molar-refractivity contribution in [2.45, 2.75) is 69.4 Å². The smallest absolute Gasteiger partial charge is 0.255 e. The van der Waals surface area contributed by atoms with Crippen LogP contribution in [0, 0.1) is 11.3 Å². The minimum Gasteiger partial charge on any atom is -0.387 e. The number of halogens is 1. The van der Waals surface area contributed by atoms with Crippen LogP contribution in [0.3, 0.4) is 0 Å². The van der Waals surface area contributed by atoms with E-state index in [1.165, 1.54) is 26.2 Å². The Morgan fingerprint density at radius 3 is 2.75 bits per heavy atom. The Labute approximate surface area is 208 Å². The highest BCUT2D eigenvalue weighted by Gasteiger charge is 2.34. The Kier molecular flexibility index (Phi) is 6.36. The second kappa shape index (κ2) is 9.48. The standard InChI is InChI=1S/C26H30FN7O2/c1-26(2,36)24(27)14-30-25(35)20-13-29-22(23-6-5-19-7-15(11-28)12-31-34(19)23)10-21(20)33-18-8-16-3-4-17(9-18)32-16/h5-7,10,12-13,16-18,24,32,36H,3-4,8-9,14H2,1-2H3,(H,29,33)(H,30,35)/t16-,17+,18?,24?. The van der Waals surface area contributed by atoms with Crippen LogP contribution in [0.25, 0.3) is 16.9 Å². The number of rotatable bonds is 7. The lowest BCUT2D eigenvalue weighted by Gasteiger charge is -2.31. The third-order valence-corrected chi connectivity index (χ3v) is 7.08. The highest BCUT2D eigenvalue weighted by atomic mass is 19.1. The maximum absolute atomic E-state index is 14.3. The molecule has 0 saturated carbocycles. The molecular formula is C26H30FN7O2. The summed E-state index contributed by atoms with van der Waals surface area (Å²) in [5, 5.41) is 33.2. The molecule has 2 unspecified atom stereocenters. The molecule has 4 N–H and O–H groups in total. The number of fused-ring (bicyclic) bond motifs is 3. The predicted molar refractivity (Wildman–Crippen MR) is 133 cm³/mol. The van der Waals surface area contributed by atoms with Gasteiger partial charge in [-0.15, -0.1) is 0 Å². The summed E-state index contributed by atoms with van der Waals surface area (Å²) in [5.74, 6) is -0.461. The number of carbonyl (C=O) groups is 1. The maximum Gasteiger partial charge on any atom is 0.255 e. The number of nitrogens with zero attached hydrogens (tertiary/aromatic N) is 4. The molecule has 0 radical (unpaired) electrons. The van der Waals surface area contributed by atoms with Crippen LogP contribution in [0.15, 0.2) is 36.7 Å². The summed E-state index contributed by atoms with van der Waals surface area (Å²) >= 11 is 0. The van der Waals surface area contributed by atoms with Crippen molar-refractivity contribution in [1.82, 2.24) is 25.2 Å². The minimum atomic E-state index is -1.61. The molecule has 0 aliphatic carbocycles. The number of carbonyl (C=O) groups excluding carboxylic acids is 1. The first kappa shape index (κ1) is 24.2. The monoisotopic (exact) mass is 491 g/mol. The molecule has 9 nitrogen and oxygen atoms in total. The number of hydrogen-bond donors (Lipinski definition) is 4. The predicted octanol–water partition coefficient (Wildman–Crippen LogP) is 2.80. The largest absolute Gasteiger partial charge is 0.387 e. The van der Waals surface area contributed by atoms with Crippen LogP contribution >= 0.6 is 0 Å². The van der Waals surface area contributed by atoms with Gasteiger partial charge in [0, 0.05) is 24.3 Å². The Morgan fingerprint density at radius 2 is 2.06 bits per heavy atom. The van der Waals surface area contributed by atoms with Crippen LogP contribution in [0.1, 0.15) is 55.5 Å². The third-order valence-electron chi connectivity index (χ3n) is 7.08. The lowest BCUT2D eigenvalue weighted by atomic mass is 9.99. The van der Waals surface area contributed by atoms with Gasteiger partial charge in [0.25, 0.3) is 5.91 Å². The molecule has 188 valence electrons. The van der Waals surface area contributed by atoms with E-state index in [0.29, 0.717) is 34.6 Å². The van der Waals surface area contributed by atoms with E-state index in [9.17, 15) is 14.3 Å². The van der Waals surface area contributed by atoms with Gasteiger partial charge in [-0.05, 0) is 63.8 Å². The Bertz CT molecular complexity index is 1310. The van der Waals surface area contributed by atoms with Crippen molar-refractivity contribution in [2.24, 2.45) is 0 Å². The average molecular weight is 492 g/mol. The number of anilines is 1. The van der Waals surface area contributed by atoms with E-state index in [1.807, 2.05) is 18.2 Å². The first-order chi connectivity index (χ1) is 17.2. The van der Waals surface area contributed by atoms with Gasteiger partial charge in [0.1, 0.15) is 12.2 Å². The number of nitriles is 1. The number of nitrogens with one attached hydrogen (secondary N) is 3. The minimum absolute atomic E-state index is 0.191. The van der Waals surface area contributed by atoms with E-state index in [2.05, 4.69) is 32.1 Å². The Hall–Kier alpha value is -3.55. The molecular weight excluding hydrogens is 461 g/mol. The van der Waals surface area contributed by atoms with Crippen LogP contribution in [-0.2, 0) is 0 Å². The normalized spacial score (nSPS) is 22.2. The van der Waals surface area contributed by atoms with Crippen molar-refractivity contribution in [3.8, 4) is 17.5 Å². The quantitative estimate of drug-likeness (QED) is 0.400. The topological polar surface area (TPSA) is 127 Å². The van der Waals surface area contributed by atoms with Crippen molar-refractivity contribution < 1.29 is 14.3 Å². The van der Waals surface area contributed by atoms with Crippen LogP contribution in [0.4, 0.5) is 10.1 Å². The summed E-state index contributed by atoms with van der Waals surface area (Å²) in [4.78, 5) is 17.6. The molecule has 0 aromatic carbocycles. The molecule has 10 heteroatoms. The zero-order valence-electron chi connectivity index (χ0n) is 20.3. The summed E-state index contributed by atoms with van der Waals surface area (Å²) in [6.07, 6.45) is 5.58. The van der Waals surface area contributed by atoms with Gasteiger partial charge in [-0.25, -0.2) is 8.91 Å². The van der Waals surface area contributed by atoms with Crippen LogP contribution in [0.5, 0.6) is 0 Å². The fraction of sp³-hybridized carbons (Fsp3) is 0.462. The fourth-order valence-electron chi connectivity index (χ4n) is 5.07. The second-order valence-corrected chi connectivity index (χ2v) is 10.3. The van der Waals surface area contributed by atoms with Crippen molar-refractivity contribution >= 4 is 17.1 Å². The molecule has 3 aromatic heterocycles. The van der Waals surface area contributed by atoms with E-state index < -0.39 is 17.7 Å². The molecule has 0 spiro atoms. The number of aromatic nitrogens is 3. The fourth-order valence-corrected chi connectivity index (χ4v) is 5.07. The van der Waals surface area contributed by atoms with E-state index in [-0.39, 0.29) is 12.6 Å². The molecule has 2 aliphatic rings. The average Bonchev–Trinajstić information content (AvgIpc) is 3.43. The number of alkyl halides is 1. The van der Waals surface area contributed by atoms with Gasteiger partial charge in [-0.3, -0.25) is 9.78 Å². The molecule has 2 fully saturated rings. The molecule has 2 bridgehead atoms. The number of aliphatic hydroxyl groups is 1. The van der Waals surface area contributed by atoms with Crippen LogP contribution in [-0.4, -0.2) is 62.1 Å². The Balaban J connectivity index is 1.46. The molecule has 1 amide bonds. The molecule has 36 heavy (non-hydrogen) atoms. The number of hydrogen-bond acceptors (Lipinski definition) is 7. The number of amides is 1. The highest BCUT2D eigenvalue weighted by Crippen LogP contribution is 2.31. The maximum atomic E-state index is 14.3. The zero-order chi connectivity index (χ0) is 25.4. The van der Waals surface area contributed by atoms with E-state index in [0.717, 1.165) is 36.9 Å². The lowest BCUT2D eigenvalue weighted by molar-refractivity contribution is -0.00177. The summed E-state index contributed by atoms with van der Waals surface area (Å²) in [6.45, 7) is 2.43. The molecule has 5 rings (SSSR count). The van der Waals surface area contributed by atoms with Crippen molar-refractivity contribution in [2.75, 3.05) is 11.9 Å². The summed E-state index contributed by atoms with van der Waals surface area (Å²) in [5.41, 5.74) is 1.94. The van der Waals surface area contributed by atoms with Gasteiger partial charge in [0.05, 0.1) is 52.1 Å². The zero-order valence-corrected chi connectivity index (χ0v) is 20.3. The van der Waals surface area contributed by atoms with Crippen molar-refractivity contribution in [3.63, 3.8) is 0 Å². The first-order valence-electron chi connectivity index (χ1n) is 12.3. The highest BCUT2D eigenvalue weighted by molar-refractivity contribution is 6.00. The van der Waals surface area contributed by atoms with Gasteiger partial charge < -0.3 is 21.1 Å². The van der Waals surface area contributed by atoms with E-state index in [1.54, 1.807) is 10.6 Å². The molecule has 3 aromatic rings. The van der Waals surface area contributed by atoms with Crippen LogP contribution in [0.2, 0.25) is 0 Å². The summed E-state index contributed by atoms with van der Waals surface area (Å²) in [7, 11) is 0.